The number of carbonyl (C=O) groups excluding carboxylic acids is 10. The number of aromatic amines is 1. The molecule has 10 amide bonds. The predicted molar refractivity (Wildman–Crippen MR) is 287 cm³/mol. The van der Waals surface area contributed by atoms with Crippen LogP contribution in [-0.4, -0.2) is 169 Å². The first-order chi connectivity index (χ1) is 38.1. The molecule has 29 heteroatoms. The lowest BCUT2D eigenvalue weighted by Crippen LogP contribution is -2.63. The number of benzene rings is 1. The first-order valence-electron chi connectivity index (χ1n) is 26.7. The summed E-state index contributed by atoms with van der Waals surface area (Å²) in [6, 6.07) is -6.51. The number of rotatable bonds is 36. The lowest BCUT2D eigenvalue weighted by molar-refractivity contribution is -0.144. The molecule has 81 heavy (non-hydrogen) atoms. The molecule has 11 atom stereocenters. The van der Waals surface area contributed by atoms with Crippen LogP contribution in [0.2, 0.25) is 0 Å². The SMILES string of the molecule is CC[C@H](C)[C@H](NC(=O)[C@H](CCC(N)=O)NC(=O)[C@@H]1CCCN1)C(=O)N[C@H](C(=O)N[C@@H](CC(C)C)C(=O)N[C@@H](Cc1c[nH]c2ccccc12)C(=O)N[C@@H](CCC(N)=O)C(=O)N[C@@H](CCC(=O)O)C(=O)N[C@@H](CCC(=O)O)C(=O)O)[C@@H](C)O. The highest BCUT2D eigenvalue weighted by molar-refractivity contribution is 5.99. The van der Waals surface area contributed by atoms with Crippen molar-refractivity contribution < 1.29 is 82.8 Å². The second kappa shape index (κ2) is 32.8. The van der Waals surface area contributed by atoms with Gasteiger partial charge in [-0.15, -0.1) is 0 Å². The molecule has 448 valence electrons. The Balaban J connectivity index is 1.97. The van der Waals surface area contributed by atoms with Crippen LogP contribution in [0, 0.1) is 11.8 Å². The summed E-state index contributed by atoms with van der Waals surface area (Å²) >= 11 is 0. The van der Waals surface area contributed by atoms with Crippen molar-refractivity contribution >= 4 is 87.9 Å². The molecule has 1 aliphatic rings. The Hall–Kier alpha value is -8.21. The molecule has 0 aliphatic carbocycles. The molecule has 1 saturated heterocycles. The van der Waals surface area contributed by atoms with Crippen molar-refractivity contribution in [3.63, 3.8) is 0 Å². The number of aliphatic hydroxyl groups is 1. The Kier molecular flexibility index (Phi) is 27.1. The van der Waals surface area contributed by atoms with Gasteiger partial charge in [0.1, 0.15) is 48.3 Å². The number of fused-ring (bicyclic) bond motifs is 1. The van der Waals surface area contributed by atoms with Crippen LogP contribution in [0.3, 0.4) is 0 Å². The minimum Gasteiger partial charge on any atom is -0.481 e. The van der Waals surface area contributed by atoms with Crippen LogP contribution in [0.25, 0.3) is 10.9 Å². The van der Waals surface area contributed by atoms with Gasteiger partial charge in [-0.05, 0) is 81.9 Å². The number of hydrogen-bond acceptors (Lipinski definition) is 15. The van der Waals surface area contributed by atoms with E-state index >= 15 is 0 Å². The minimum atomic E-state index is -1.78. The molecule has 18 N–H and O–H groups in total. The zero-order valence-electron chi connectivity index (χ0n) is 46.0. The van der Waals surface area contributed by atoms with Crippen LogP contribution >= 0.6 is 0 Å². The fraction of sp³-hybridized carbons (Fsp3) is 0.596. The third-order valence-corrected chi connectivity index (χ3v) is 13.5. The van der Waals surface area contributed by atoms with Gasteiger partial charge in [-0.1, -0.05) is 52.3 Å². The van der Waals surface area contributed by atoms with Crippen molar-refractivity contribution in [3.05, 3.63) is 36.0 Å². The maximum Gasteiger partial charge on any atom is 0.326 e. The molecular weight excluding hydrogens is 1060 g/mol. The van der Waals surface area contributed by atoms with Crippen molar-refractivity contribution in [2.75, 3.05) is 6.54 Å². The van der Waals surface area contributed by atoms with Gasteiger partial charge in [0.15, 0.2) is 0 Å². The number of aliphatic hydroxyl groups excluding tert-OH is 1. The third-order valence-electron chi connectivity index (χ3n) is 13.5. The maximum atomic E-state index is 14.6. The Labute approximate surface area is 466 Å². The first-order valence-corrected chi connectivity index (χ1v) is 26.7. The monoisotopic (exact) mass is 1140 g/mol. The van der Waals surface area contributed by atoms with Gasteiger partial charge in [0, 0.05) is 49.2 Å². The van der Waals surface area contributed by atoms with Crippen molar-refractivity contribution in [1.29, 1.82) is 0 Å². The number of H-pyrrole nitrogens is 1. The van der Waals surface area contributed by atoms with Crippen LogP contribution in [0.1, 0.15) is 117 Å². The van der Waals surface area contributed by atoms with Crippen LogP contribution in [0.15, 0.2) is 30.5 Å². The number of para-hydroxylation sites is 1. The summed E-state index contributed by atoms with van der Waals surface area (Å²) < 4.78 is 0. The molecule has 0 saturated carbocycles. The molecule has 0 spiro atoms. The van der Waals surface area contributed by atoms with Gasteiger partial charge in [0.05, 0.1) is 12.1 Å². The normalized spacial score (nSPS) is 16.8. The van der Waals surface area contributed by atoms with E-state index in [1.54, 1.807) is 58.2 Å². The highest BCUT2D eigenvalue weighted by Crippen LogP contribution is 2.20. The van der Waals surface area contributed by atoms with E-state index in [1.165, 1.54) is 6.92 Å². The maximum absolute atomic E-state index is 14.6. The van der Waals surface area contributed by atoms with E-state index in [9.17, 15) is 77.6 Å². The number of hydrogen-bond donors (Lipinski definition) is 16. The van der Waals surface area contributed by atoms with E-state index in [-0.39, 0.29) is 31.6 Å². The van der Waals surface area contributed by atoms with Gasteiger partial charge in [-0.25, -0.2) is 4.79 Å². The Morgan fingerprint density at radius 2 is 1.04 bits per heavy atom. The number of nitrogens with one attached hydrogen (secondary N) is 10. The number of aliphatic carboxylic acids is 3. The predicted octanol–water partition coefficient (Wildman–Crippen LogP) is -2.84. The molecule has 1 aromatic heterocycles. The second-order valence-electron chi connectivity index (χ2n) is 20.5. The van der Waals surface area contributed by atoms with E-state index in [0.29, 0.717) is 35.9 Å². The third kappa shape index (κ3) is 22.5. The molecule has 29 nitrogen and oxygen atoms in total. The molecule has 3 rings (SSSR count). The average molecular weight is 1140 g/mol. The lowest BCUT2D eigenvalue weighted by atomic mass is 9.96. The largest absolute Gasteiger partial charge is 0.481 e. The highest BCUT2D eigenvalue weighted by Gasteiger charge is 2.38. The van der Waals surface area contributed by atoms with Gasteiger partial charge >= 0.3 is 17.9 Å². The fourth-order valence-corrected chi connectivity index (χ4v) is 8.74. The Bertz CT molecular complexity index is 2580. The van der Waals surface area contributed by atoms with Crippen LogP contribution in [0.4, 0.5) is 0 Å². The molecule has 0 bridgehead atoms. The van der Waals surface area contributed by atoms with E-state index in [1.807, 2.05) is 0 Å². The number of amides is 10. The minimum absolute atomic E-state index is 0.0949. The number of primary amides is 2. The number of aromatic nitrogens is 1. The van der Waals surface area contributed by atoms with Crippen LogP contribution in [-0.2, 0) is 68.7 Å². The van der Waals surface area contributed by atoms with Crippen molar-refractivity contribution in [2.45, 2.75) is 179 Å². The van der Waals surface area contributed by atoms with Crippen molar-refractivity contribution in [1.82, 2.24) is 52.8 Å². The number of carboxylic acids is 3. The summed E-state index contributed by atoms with van der Waals surface area (Å²) in [7, 11) is 0. The van der Waals surface area contributed by atoms with Crippen LogP contribution < -0.4 is 59.3 Å². The van der Waals surface area contributed by atoms with E-state index in [2.05, 4.69) is 52.8 Å². The van der Waals surface area contributed by atoms with E-state index in [0.717, 1.165) is 6.42 Å². The Morgan fingerprint density at radius 3 is 1.54 bits per heavy atom. The molecular formula is C52H78N12O17. The van der Waals surface area contributed by atoms with Crippen molar-refractivity contribution in [2.24, 2.45) is 23.3 Å². The van der Waals surface area contributed by atoms with Crippen molar-refractivity contribution in [3.8, 4) is 0 Å². The molecule has 0 unspecified atom stereocenters. The zero-order chi connectivity index (χ0) is 60.7. The van der Waals surface area contributed by atoms with Gasteiger partial charge in [-0.2, -0.15) is 0 Å². The smallest absolute Gasteiger partial charge is 0.326 e. The quantitative estimate of drug-likeness (QED) is 0.0327. The Morgan fingerprint density at radius 1 is 0.580 bits per heavy atom. The highest BCUT2D eigenvalue weighted by atomic mass is 16.4. The molecule has 1 fully saturated rings. The average Bonchev–Trinajstić information content (AvgIpc) is 4.14. The summed E-state index contributed by atoms with van der Waals surface area (Å²) in [5.41, 5.74) is 11.9. The summed E-state index contributed by atoms with van der Waals surface area (Å²) in [4.78, 5) is 173. The standard InChI is InChI=1S/C52H78N12O17/c1-6-26(4)42(63-47(75)33(14-18-39(54)67)57-44(72)31-12-9-21-55-31)50(78)64-43(27(5)65)51(79)62-36(22-25(2)3)48(76)61-37(23-28-24-56-30-11-8-7-10-29(28)30)49(77)59-32(13-17-38(53)66)45(73)58-34(15-19-40(68)69)46(74)60-35(52(80)81)16-20-41(70)71/h7-8,10-11,24-27,31-37,42-43,55-56,65H,6,9,12-23H2,1-5H3,(H2,53,66)(H2,54,67)(H,57,72)(H,58,73)(H,59,77)(H,60,74)(H,61,76)(H,62,79)(H,63,75)(H,64,78)(H,68,69)(H,70,71)(H,80,81)/t26-,27+,31-,32-,33-,34-,35-,36-,37-,42-,43-/m0/s1. The number of nitrogens with two attached hydrogens (primary N) is 2. The zero-order valence-corrected chi connectivity index (χ0v) is 46.0. The number of carbonyl (C=O) groups is 13. The molecule has 2 aromatic rings. The van der Waals surface area contributed by atoms with Gasteiger partial charge in [-0.3, -0.25) is 57.5 Å². The second-order valence-corrected chi connectivity index (χ2v) is 20.5. The van der Waals surface area contributed by atoms with E-state index in [4.69, 9.17) is 16.6 Å². The summed E-state index contributed by atoms with van der Waals surface area (Å²) in [6.45, 7) is 8.54. The fourth-order valence-electron chi connectivity index (χ4n) is 8.74. The molecule has 1 aliphatic heterocycles. The van der Waals surface area contributed by atoms with Crippen LogP contribution in [0.5, 0.6) is 0 Å². The molecule has 2 heterocycles. The van der Waals surface area contributed by atoms with E-state index < -0.39 is 182 Å². The van der Waals surface area contributed by atoms with Gasteiger partial charge < -0.3 is 84.7 Å². The van der Waals surface area contributed by atoms with Gasteiger partial charge in [0.2, 0.25) is 59.1 Å². The number of carboxylic acid groups (broad SMARTS) is 3. The molecule has 1 aromatic carbocycles. The summed E-state index contributed by atoms with van der Waals surface area (Å²) in [6.07, 6.45) is -3.07. The van der Waals surface area contributed by atoms with Gasteiger partial charge in [0.25, 0.3) is 0 Å². The molecule has 0 radical (unpaired) electrons. The summed E-state index contributed by atoms with van der Waals surface area (Å²) in [5, 5.41) is 62.4. The lowest BCUT2D eigenvalue weighted by Gasteiger charge is -2.30. The topological polar surface area (TPSA) is 479 Å². The first kappa shape index (κ1) is 67.1. The summed E-state index contributed by atoms with van der Waals surface area (Å²) in [5.74, 6) is -14.8.